The van der Waals surface area contributed by atoms with Crippen LogP contribution in [0.4, 0.5) is 0 Å². The SMILES string of the molecule is CC(N)C1(CCC#Cc2ccc(C3C4CC5CC(C4)CC3C5)cc2Cl)CCCCC1. The summed E-state index contributed by atoms with van der Waals surface area (Å²) in [5.74, 6) is 11.4. The zero-order valence-corrected chi connectivity index (χ0v) is 19.4. The molecule has 0 spiro atoms. The molecule has 0 aliphatic heterocycles. The van der Waals surface area contributed by atoms with Crippen LogP contribution in [0.25, 0.3) is 0 Å². The third-order valence-corrected chi connectivity index (χ3v) is 9.70. The lowest BCUT2D eigenvalue weighted by Gasteiger charge is -2.54. The Hall–Kier alpha value is -0.970. The lowest BCUT2D eigenvalue weighted by molar-refractivity contribution is -0.00277. The second-order valence-corrected chi connectivity index (χ2v) is 11.6. The summed E-state index contributed by atoms with van der Waals surface area (Å²) in [4.78, 5) is 0. The molecule has 0 saturated heterocycles. The fourth-order valence-corrected chi connectivity index (χ4v) is 8.20. The molecule has 1 nitrogen and oxygen atoms in total. The third kappa shape index (κ3) is 3.96. The first-order valence-corrected chi connectivity index (χ1v) is 13.0. The fourth-order valence-electron chi connectivity index (χ4n) is 7.97. The minimum Gasteiger partial charge on any atom is -0.327 e. The largest absolute Gasteiger partial charge is 0.327 e. The van der Waals surface area contributed by atoms with Crippen LogP contribution in [0.3, 0.4) is 0 Å². The van der Waals surface area contributed by atoms with Gasteiger partial charge in [-0.2, -0.15) is 0 Å². The van der Waals surface area contributed by atoms with Gasteiger partial charge in [-0.1, -0.05) is 48.8 Å². The van der Waals surface area contributed by atoms with Crippen molar-refractivity contribution in [3.8, 4) is 11.8 Å². The highest BCUT2D eigenvalue weighted by Gasteiger charge is 2.48. The summed E-state index contributed by atoms with van der Waals surface area (Å²) in [6, 6.07) is 7.05. The molecule has 1 unspecified atom stereocenters. The summed E-state index contributed by atoms with van der Waals surface area (Å²) < 4.78 is 0. The van der Waals surface area contributed by atoms with Gasteiger partial charge in [0.1, 0.15) is 0 Å². The lowest BCUT2D eigenvalue weighted by atomic mass is 9.51. The van der Waals surface area contributed by atoms with Crippen molar-refractivity contribution in [2.75, 3.05) is 0 Å². The van der Waals surface area contributed by atoms with E-state index < -0.39 is 0 Å². The molecular formula is C28H38ClN. The Balaban J connectivity index is 1.25. The van der Waals surface area contributed by atoms with E-state index in [-0.39, 0.29) is 6.04 Å². The Morgan fingerprint density at radius 1 is 1.03 bits per heavy atom. The van der Waals surface area contributed by atoms with Crippen molar-refractivity contribution in [2.45, 2.75) is 95.9 Å². The molecule has 1 aromatic carbocycles. The Morgan fingerprint density at radius 3 is 2.30 bits per heavy atom. The molecule has 162 valence electrons. The lowest BCUT2D eigenvalue weighted by Crippen LogP contribution is -2.43. The predicted molar refractivity (Wildman–Crippen MR) is 127 cm³/mol. The minimum atomic E-state index is 0.267. The van der Waals surface area contributed by atoms with Crippen LogP contribution in [0.5, 0.6) is 0 Å². The van der Waals surface area contributed by atoms with E-state index in [1.54, 1.807) is 0 Å². The van der Waals surface area contributed by atoms with E-state index in [1.165, 1.54) is 69.8 Å². The molecule has 2 heteroatoms. The van der Waals surface area contributed by atoms with Crippen LogP contribution in [-0.2, 0) is 0 Å². The zero-order chi connectivity index (χ0) is 20.7. The van der Waals surface area contributed by atoms with Gasteiger partial charge in [0.15, 0.2) is 0 Å². The maximum Gasteiger partial charge on any atom is 0.0565 e. The Kier molecular flexibility index (Phi) is 5.94. The standard InChI is InChI=1S/C28H38ClN/c1-19(30)28(10-4-2-5-11-28)12-6-3-7-22-8-9-23(18-26(22)29)27-24-14-20-13-21(16-24)17-25(27)15-20/h8-9,18-21,24-25,27H,2,4-6,10-17,30H2,1H3. The van der Waals surface area contributed by atoms with Crippen molar-refractivity contribution in [3.63, 3.8) is 0 Å². The van der Waals surface area contributed by atoms with Crippen molar-refractivity contribution >= 4 is 11.6 Å². The molecule has 1 aromatic rings. The summed E-state index contributed by atoms with van der Waals surface area (Å²) >= 11 is 6.73. The first-order valence-electron chi connectivity index (χ1n) is 12.6. The highest BCUT2D eigenvalue weighted by Crippen LogP contribution is 2.59. The summed E-state index contributed by atoms with van der Waals surface area (Å²) in [6.45, 7) is 2.19. The summed E-state index contributed by atoms with van der Waals surface area (Å²) in [7, 11) is 0. The molecule has 0 heterocycles. The fraction of sp³-hybridized carbons (Fsp3) is 0.714. The maximum atomic E-state index is 6.73. The molecule has 1 atom stereocenters. The number of nitrogens with two attached hydrogens (primary N) is 1. The van der Waals surface area contributed by atoms with Crippen molar-refractivity contribution < 1.29 is 0 Å². The topological polar surface area (TPSA) is 26.0 Å². The number of hydrogen-bond acceptors (Lipinski definition) is 1. The Morgan fingerprint density at radius 2 is 1.70 bits per heavy atom. The van der Waals surface area contributed by atoms with Gasteiger partial charge in [0.25, 0.3) is 0 Å². The van der Waals surface area contributed by atoms with E-state index in [0.717, 1.165) is 53.0 Å². The molecule has 30 heavy (non-hydrogen) atoms. The van der Waals surface area contributed by atoms with E-state index in [1.807, 2.05) is 0 Å². The van der Waals surface area contributed by atoms with Gasteiger partial charge in [0, 0.05) is 18.0 Å². The highest BCUT2D eigenvalue weighted by molar-refractivity contribution is 6.31. The minimum absolute atomic E-state index is 0.267. The van der Waals surface area contributed by atoms with Crippen molar-refractivity contribution in [3.05, 3.63) is 34.3 Å². The quantitative estimate of drug-likeness (QED) is 0.504. The van der Waals surface area contributed by atoms with E-state index in [2.05, 4.69) is 37.0 Å². The van der Waals surface area contributed by atoms with Gasteiger partial charge in [-0.05, 0) is 111 Å². The number of rotatable bonds is 4. The zero-order valence-electron chi connectivity index (χ0n) is 18.6. The normalized spacial score (nSPS) is 35.0. The number of hydrogen-bond donors (Lipinski definition) is 1. The van der Waals surface area contributed by atoms with Crippen molar-refractivity contribution in [1.82, 2.24) is 0 Å². The molecule has 5 fully saturated rings. The second kappa shape index (κ2) is 8.52. The van der Waals surface area contributed by atoms with Gasteiger partial charge >= 0.3 is 0 Å². The Bertz CT molecular complexity index is 795. The molecule has 2 N–H and O–H groups in total. The van der Waals surface area contributed by atoms with Gasteiger partial charge in [0.05, 0.1) is 5.02 Å². The van der Waals surface area contributed by atoms with Crippen molar-refractivity contribution in [1.29, 1.82) is 0 Å². The Labute approximate surface area is 188 Å². The van der Waals surface area contributed by atoms with Gasteiger partial charge in [-0.15, -0.1) is 0 Å². The van der Waals surface area contributed by atoms with Crippen molar-refractivity contribution in [2.24, 2.45) is 34.8 Å². The third-order valence-electron chi connectivity index (χ3n) is 9.39. The molecule has 5 aliphatic rings. The summed E-state index contributed by atoms with van der Waals surface area (Å²) in [5.41, 5.74) is 9.18. The molecule has 4 bridgehead atoms. The smallest absolute Gasteiger partial charge is 0.0565 e. The first kappa shape index (κ1) is 20.9. The highest BCUT2D eigenvalue weighted by atomic mass is 35.5. The van der Waals surface area contributed by atoms with Gasteiger partial charge in [-0.25, -0.2) is 0 Å². The average molecular weight is 424 g/mol. The van der Waals surface area contributed by atoms with Gasteiger partial charge < -0.3 is 5.73 Å². The predicted octanol–water partition coefficient (Wildman–Crippen LogP) is 7.31. The van der Waals surface area contributed by atoms with Crippen LogP contribution >= 0.6 is 11.6 Å². The summed E-state index contributed by atoms with van der Waals surface area (Å²) in [6.07, 6.45) is 16.0. The van der Waals surface area contributed by atoms with E-state index in [9.17, 15) is 0 Å². The molecule has 0 radical (unpaired) electrons. The van der Waals surface area contributed by atoms with Crippen LogP contribution in [0, 0.1) is 40.9 Å². The van der Waals surface area contributed by atoms with E-state index in [4.69, 9.17) is 17.3 Å². The number of benzene rings is 1. The number of halogens is 1. The van der Waals surface area contributed by atoms with Crippen LogP contribution in [0.15, 0.2) is 18.2 Å². The van der Waals surface area contributed by atoms with Crippen LogP contribution in [0.2, 0.25) is 5.02 Å². The average Bonchev–Trinajstić information content (AvgIpc) is 2.72. The first-order chi connectivity index (χ1) is 14.5. The van der Waals surface area contributed by atoms with Crippen LogP contribution < -0.4 is 5.73 Å². The van der Waals surface area contributed by atoms with Gasteiger partial charge in [0.2, 0.25) is 0 Å². The summed E-state index contributed by atoms with van der Waals surface area (Å²) in [5, 5.41) is 0.855. The second-order valence-electron chi connectivity index (χ2n) is 11.2. The molecular weight excluding hydrogens is 386 g/mol. The maximum absolute atomic E-state index is 6.73. The van der Waals surface area contributed by atoms with Crippen LogP contribution in [0.1, 0.15) is 101 Å². The molecule has 0 aromatic heterocycles. The molecule has 0 amide bonds. The monoisotopic (exact) mass is 423 g/mol. The molecule has 5 saturated carbocycles. The van der Waals surface area contributed by atoms with Crippen LogP contribution in [-0.4, -0.2) is 6.04 Å². The van der Waals surface area contributed by atoms with Gasteiger partial charge in [-0.3, -0.25) is 0 Å². The van der Waals surface area contributed by atoms with E-state index in [0.29, 0.717) is 5.41 Å². The molecule has 5 aliphatic carbocycles. The molecule has 6 rings (SSSR count). The van der Waals surface area contributed by atoms with E-state index >= 15 is 0 Å².